The normalized spacial score (nSPS) is 10.7. The van der Waals surface area contributed by atoms with Gasteiger partial charge in [0.05, 0.1) is 6.61 Å². The first-order chi connectivity index (χ1) is 14.1. The Morgan fingerprint density at radius 2 is 1.86 bits per heavy atom. The molecule has 2 N–H and O–H groups in total. The Bertz CT molecular complexity index is 991. The Kier molecular flexibility index (Phi) is 7.19. The van der Waals surface area contributed by atoms with Crippen molar-refractivity contribution >= 4 is 23.8 Å². The molecule has 1 amide bonds. The highest BCUT2D eigenvalue weighted by atomic mass is 32.1. The Morgan fingerprint density at radius 3 is 2.52 bits per heavy atom. The van der Waals surface area contributed by atoms with Crippen LogP contribution < -0.4 is 10.1 Å². The van der Waals surface area contributed by atoms with E-state index in [0.717, 1.165) is 23.4 Å². The van der Waals surface area contributed by atoms with E-state index < -0.39 is 0 Å². The number of benzene rings is 2. The first-order valence-electron chi connectivity index (χ1n) is 9.88. The number of hydrogen-bond acceptors (Lipinski definition) is 4. The van der Waals surface area contributed by atoms with Crippen molar-refractivity contribution in [1.29, 1.82) is 0 Å². The fourth-order valence-electron chi connectivity index (χ4n) is 3.03. The highest BCUT2D eigenvalue weighted by Crippen LogP contribution is 2.21. The summed E-state index contributed by atoms with van der Waals surface area (Å²) in [6.45, 7) is 4.81. The third kappa shape index (κ3) is 5.54. The minimum atomic E-state index is -0.156. The molecule has 0 saturated heterocycles. The van der Waals surface area contributed by atoms with Crippen LogP contribution in [0, 0.1) is 4.77 Å². The molecule has 3 rings (SSSR count). The summed E-state index contributed by atoms with van der Waals surface area (Å²) in [4.78, 5) is 12.6. The minimum absolute atomic E-state index is 0.0788. The highest BCUT2D eigenvalue weighted by molar-refractivity contribution is 7.71. The van der Waals surface area contributed by atoms with E-state index in [9.17, 15) is 4.79 Å². The molecule has 1 aromatic heterocycles. The van der Waals surface area contributed by atoms with E-state index in [-0.39, 0.29) is 12.5 Å². The molecular weight excluding hydrogens is 384 g/mol. The molecule has 0 fully saturated rings. The number of rotatable bonds is 9. The Morgan fingerprint density at radius 1 is 1.14 bits per heavy atom. The van der Waals surface area contributed by atoms with Gasteiger partial charge in [-0.15, -0.1) is 0 Å². The van der Waals surface area contributed by atoms with Gasteiger partial charge in [0.2, 0.25) is 5.91 Å². The van der Waals surface area contributed by atoms with Crippen molar-refractivity contribution in [2.45, 2.75) is 39.7 Å². The van der Waals surface area contributed by atoms with Crippen LogP contribution >= 0.6 is 12.2 Å². The van der Waals surface area contributed by atoms with Gasteiger partial charge in [-0.25, -0.2) is 0 Å². The summed E-state index contributed by atoms with van der Waals surface area (Å²) in [6, 6.07) is 15.5. The number of ether oxygens (including phenoxy) is 1. The SMILES string of the molecule is CCCCc1ccc(NC(=O)Cn2c(-c3ccc(OCC)cc3)n[nH]c2=S)cc1. The molecule has 0 bridgehead atoms. The molecule has 3 aromatic rings. The molecular formula is C22H26N4O2S. The van der Waals surface area contributed by atoms with Crippen molar-refractivity contribution in [3.8, 4) is 17.1 Å². The summed E-state index contributed by atoms with van der Waals surface area (Å²) in [5.41, 5.74) is 2.90. The van der Waals surface area contributed by atoms with E-state index in [1.165, 1.54) is 18.4 Å². The molecule has 6 nitrogen and oxygen atoms in total. The number of carbonyl (C=O) groups is 1. The summed E-state index contributed by atoms with van der Waals surface area (Å²) in [5, 5.41) is 9.99. The van der Waals surface area contributed by atoms with Crippen LogP contribution in [0.4, 0.5) is 5.69 Å². The Labute approximate surface area is 175 Å². The third-order valence-electron chi connectivity index (χ3n) is 4.54. The third-order valence-corrected chi connectivity index (χ3v) is 4.85. The van der Waals surface area contributed by atoms with Crippen LogP contribution in [0.1, 0.15) is 32.3 Å². The van der Waals surface area contributed by atoms with Gasteiger partial charge in [-0.2, -0.15) is 5.10 Å². The van der Waals surface area contributed by atoms with Crippen LogP contribution in [0.3, 0.4) is 0 Å². The molecule has 1 heterocycles. The summed E-state index contributed by atoms with van der Waals surface area (Å²) in [6.07, 6.45) is 3.39. The minimum Gasteiger partial charge on any atom is -0.494 e. The standard InChI is InChI=1S/C22H26N4O2S/c1-3-5-6-16-7-11-18(12-8-16)23-20(27)15-26-21(24-25-22(26)29)17-9-13-19(14-10-17)28-4-2/h7-14H,3-6,15H2,1-2H3,(H,23,27)(H,25,29). The number of aromatic nitrogens is 3. The predicted molar refractivity (Wildman–Crippen MR) is 118 cm³/mol. The summed E-state index contributed by atoms with van der Waals surface area (Å²) in [5.74, 6) is 1.25. The smallest absolute Gasteiger partial charge is 0.244 e. The number of hydrogen-bond donors (Lipinski definition) is 2. The Balaban J connectivity index is 1.69. The zero-order valence-electron chi connectivity index (χ0n) is 16.8. The van der Waals surface area contributed by atoms with E-state index in [4.69, 9.17) is 17.0 Å². The van der Waals surface area contributed by atoms with Gasteiger partial charge in [0.1, 0.15) is 12.3 Å². The van der Waals surface area contributed by atoms with E-state index in [1.807, 2.05) is 43.3 Å². The average molecular weight is 411 g/mol. The number of unbranched alkanes of at least 4 members (excludes halogenated alkanes) is 1. The molecule has 0 aliphatic heterocycles. The molecule has 0 spiro atoms. The zero-order chi connectivity index (χ0) is 20.6. The fraction of sp³-hybridized carbons (Fsp3) is 0.318. The maximum absolute atomic E-state index is 12.6. The van der Waals surface area contributed by atoms with Gasteiger partial charge in [0.25, 0.3) is 0 Å². The summed E-state index contributed by atoms with van der Waals surface area (Å²) < 4.78 is 7.57. The largest absolute Gasteiger partial charge is 0.494 e. The van der Waals surface area contributed by atoms with Gasteiger partial charge in [0.15, 0.2) is 10.6 Å². The van der Waals surface area contributed by atoms with Gasteiger partial charge in [-0.05, 0) is 73.9 Å². The number of nitrogens with one attached hydrogen (secondary N) is 2. The van der Waals surface area contributed by atoms with Crippen molar-refractivity contribution in [3.63, 3.8) is 0 Å². The van der Waals surface area contributed by atoms with Gasteiger partial charge in [-0.1, -0.05) is 25.5 Å². The topological polar surface area (TPSA) is 71.9 Å². The summed E-state index contributed by atoms with van der Waals surface area (Å²) >= 11 is 5.32. The lowest BCUT2D eigenvalue weighted by Gasteiger charge is -2.09. The number of amides is 1. The van der Waals surface area contributed by atoms with Crippen LogP contribution in [0.15, 0.2) is 48.5 Å². The molecule has 152 valence electrons. The van der Waals surface area contributed by atoms with Gasteiger partial charge < -0.3 is 10.1 Å². The van der Waals surface area contributed by atoms with E-state index in [0.29, 0.717) is 17.2 Å². The molecule has 0 aliphatic rings. The number of nitrogens with zero attached hydrogens (tertiary/aromatic N) is 2. The lowest BCUT2D eigenvalue weighted by Crippen LogP contribution is -2.19. The molecule has 0 atom stereocenters. The van der Waals surface area contributed by atoms with Gasteiger partial charge in [0, 0.05) is 11.3 Å². The van der Waals surface area contributed by atoms with Crippen molar-refractivity contribution in [2.24, 2.45) is 0 Å². The quantitative estimate of drug-likeness (QED) is 0.488. The average Bonchev–Trinajstić information content (AvgIpc) is 3.08. The molecule has 0 aliphatic carbocycles. The van der Waals surface area contributed by atoms with Crippen LogP contribution in [0.2, 0.25) is 0 Å². The van der Waals surface area contributed by atoms with Crippen molar-refractivity contribution < 1.29 is 9.53 Å². The number of anilines is 1. The highest BCUT2D eigenvalue weighted by Gasteiger charge is 2.13. The maximum Gasteiger partial charge on any atom is 0.244 e. The van der Waals surface area contributed by atoms with Gasteiger partial charge in [-0.3, -0.25) is 14.5 Å². The first-order valence-corrected chi connectivity index (χ1v) is 10.3. The van der Waals surface area contributed by atoms with Crippen LogP contribution in [0.5, 0.6) is 5.75 Å². The molecule has 0 unspecified atom stereocenters. The molecule has 29 heavy (non-hydrogen) atoms. The Hall–Kier alpha value is -2.93. The molecule has 7 heteroatoms. The van der Waals surface area contributed by atoms with E-state index >= 15 is 0 Å². The van der Waals surface area contributed by atoms with Crippen LogP contribution in [-0.4, -0.2) is 27.3 Å². The molecule has 2 aromatic carbocycles. The predicted octanol–water partition coefficient (Wildman–Crippen LogP) is 4.99. The van der Waals surface area contributed by atoms with E-state index in [2.05, 4.69) is 34.6 Å². The lowest BCUT2D eigenvalue weighted by molar-refractivity contribution is -0.116. The summed E-state index contributed by atoms with van der Waals surface area (Å²) in [7, 11) is 0. The number of H-pyrrole nitrogens is 1. The maximum atomic E-state index is 12.6. The monoisotopic (exact) mass is 410 g/mol. The number of aryl methyl sites for hydroxylation is 1. The second kappa shape index (κ2) is 10.0. The van der Waals surface area contributed by atoms with Crippen LogP contribution in [-0.2, 0) is 17.8 Å². The van der Waals surface area contributed by atoms with Crippen molar-refractivity contribution in [1.82, 2.24) is 14.8 Å². The van der Waals surface area contributed by atoms with Gasteiger partial charge >= 0.3 is 0 Å². The fourth-order valence-corrected chi connectivity index (χ4v) is 3.23. The molecule has 0 radical (unpaired) electrons. The van der Waals surface area contributed by atoms with E-state index in [1.54, 1.807) is 4.57 Å². The van der Waals surface area contributed by atoms with Crippen LogP contribution in [0.25, 0.3) is 11.4 Å². The zero-order valence-corrected chi connectivity index (χ0v) is 17.6. The van der Waals surface area contributed by atoms with Crippen molar-refractivity contribution in [2.75, 3.05) is 11.9 Å². The first kappa shape index (κ1) is 20.8. The lowest BCUT2D eigenvalue weighted by atomic mass is 10.1. The second-order valence-corrected chi connectivity index (χ2v) is 7.13. The number of aromatic amines is 1. The van der Waals surface area contributed by atoms with Crippen molar-refractivity contribution in [3.05, 3.63) is 58.9 Å². The number of carbonyl (C=O) groups excluding carboxylic acids is 1. The molecule has 0 saturated carbocycles. The second-order valence-electron chi connectivity index (χ2n) is 6.74.